The minimum Gasteiger partial charge on any atom is -0.304 e. The van der Waals surface area contributed by atoms with E-state index in [1.54, 1.807) is 0 Å². The fourth-order valence-electron chi connectivity index (χ4n) is 3.08. The van der Waals surface area contributed by atoms with Crippen molar-refractivity contribution in [3.05, 3.63) is 18.0 Å². The van der Waals surface area contributed by atoms with E-state index in [0.717, 1.165) is 18.1 Å². The third kappa shape index (κ3) is 2.43. The SMILES string of the molecule is ClCC1(NCc2ccn(C3CCCC3)n2)CCC1. The topological polar surface area (TPSA) is 29.9 Å². The van der Waals surface area contributed by atoms with Crippen molar-refractivity contribution < 1.29 is 0 Å². The van der Waals surface area contributed by atoms with Crippen LogP contribution in [-0.2, 0) is 6.54 Å². The Morgan fingerprint density at radius 3 is 2.72 bits per heavy atom. The van der Waals surface area contributed by atoms with Crippen LogP contribution in [0.3, 0.4) is 0 Å². The largest absolute Gasteiger partial charge is 0.304 e. The lowest BCUT2D eigenvalue weighted by Crippen LogP contribution is -2.52. The number of alkyl halides is 1. The number of hydrogen-bond acceptors (Lipinski definition) is 2. The van der Waals surface area contributed by atoms with Gasteiger partial charge >= 0.3 is 0 Å². The lowest BCUT2D eigenvalue weighted by atomic mass is 9.78. The summed E-state index contributed by atoms with van der Waals surface area (Å²) in [5.41, 5.74) is 1.34. The zero-order valence-electron chi connectivity index (χ0n) is 10.9. The molecule has 0 bridgehead atoms. The molecule has 2 fully saturated rings. The number of rotatable bonds is 5. The summed E-state index contributed by atoms with van der Waals surface area (Å²) in [7, 11) is 0. The molecule has 0 aromatic carbocycles. The summed E-state index contributed by atoms with van der Waals surface area (Å²) in [6.45, 7) is 0.854. The molecule has 3 nitrogen and oxygen atoms in total. The highest BCUT2D eigenvalue weighted by molar-refractivity contribution is 6.18. The van der Waals surface area contributed by atoms with Crippen molar-refractivity contribution in [1.82, 2.24) is 15.1 Å². The first kappa shape index (κ1) is 12.5. The van der Waals surface area contributed by atoms with Crippen LogP contribution in [0, 0.1) is 0 Å². The van der Waals surface area contributed by atoms with Crippen molar-refractivity contribution in [1.29, 1.82) is 0 Å². The Morgan fingerprint density at radius 2 is 2.11 bits per heavy atom. The maximum atomic E-state index is 6.05. The van der Waals surface area contributed by atoms with Gasteiger partial charge in [-0.15, -0.1) is 11.6 Å². The maximum absolute atomic E-state index is 6.05. The van der Waals surface area contributed by atoms with Crippen LogP contribution in [0.1, 0.15) is 56.7 Å². The fourth-order valence-corrected chi connectivity index (χ4v) is 3.44. The van der Waals surface area contributed by atoms with Gasteiger partial charge in [-0.3, -0.25) is 4.68 Å². The van der Waals surface area contributed by atoms with Gasteiger partial charge in [0.05, 0.1) is 11.7 Å². The second-order valence-corrected chi connectivity index (χ2v) is 6.11. The molecular formula is C14H22ClN3. The number of halogens is 1. The molecule has 0 radical (unpaired) electrons. The molecule has 1 aromatic heterocycles. The Kier molecular flexibility index (Phi) is 3.62. The zero-order valence-corrected chi connectivity index (χ0v) is 11.6. The van der Waals surface area contributed by atoms with Crippen LogP contribution in [0.25, 0.3) is 0 Å². The summed E-state index contributed by atoms with van der Waals surface area (Å²) in [5, 5.41) is 8.29. The molecule has 0 spiro atoms. The third-order valence-electron chi connectivity index (χ3n) is 4.57. The second-order valence-electron chi connectivity index (χ2n) is 5.85. The highest BCUT2D eigenvalue weighted by Crippen LogP contribution is 2.33. The van der Waals surface area contributed by atoms with Gasteiger partial charge < -0.3 is 5.32 Å². The van der Waals surface area contributed by atoms with Crippen molar-refractivity contribution in [3.63, 3.8) is 0 Å². The van der Waals surface area contributed by atoms with Crippen molar-refractivity contribution in [3.8, 4) is 0 Å². The first-order valence-corrected chi connectivity index (χ1v) is 7.70. The van der Waals surface area contributed by atoms with E-state index in [9.17, 15) is 0 Å². The Labute approximate surface area is 114 Å². The molecule has 0 atom stereocenters. The molecule has 0 aliphatic heterocycles. The number of nitrogens with one attached hydrogen (secondary N) is 1. The van der Waals surface area contributed by atoms with Crippen LogP contribution in [0.4, 0.5) is 0 Å². The Morgan fingerprint density at radius 1 is 1.33 bits per heavy atom. The van der Waals surface area contributed by atoms with Gasteiger partial charge in [-0.05, 0) is 38.2 Å². The van der Waals surface area contributed by atoms with Crippen molar-refractivity contribution in [2.24, 2.45) is 0 Å². The van der Waals surface area contributed by atoms with Crippen molar-refractivity contribution in [2.45, 2.75) is 63.1 Å². The monoisotopic (exact) mass is 267 g/mol. The van der Waals surface area contributed by atoms with Gasteiger partial charge in [-0.1, -0.05) is 12.8 Å². The first-order valence-electron chi connectivity index (χ1n) is 7.16. The zero-order chi connectivity index (χ0) is 12.4. The highest BCUT2D eigenvalue weighted by Gasteiger charge is 2.35. The first-order chi connectivity index (χ1) is 8.81. The molecule has 1 aromatic rings. The van der Waals surface area contributed by atoms with Gasteiger partial charge in [0.2, 0.25) is 0 Å². The molecule has 3 rings (SSSR count). The van der Waals surface area contributed by atoms with Gasteiger partial charge in [-0.25, -0.2) is 0 Å². The van der Waals surface area contributed by atoms with E-state index in [2.05, 4.69) is 22.3 Å². The summed E-state index contributed by atoms with van der Waals surface area (Å²) in [4.78, 5) is 0. The van der Waals surface area contributed by atoms with Crippen LogP contribution in [-0.4, -0.2) is 21.2 Å². The summed E-state index contributed by atoms with van der Waals surface area (Å²) >= 11 is 6.05. The minimum absolute atomic E-state index is 0.193. The molecule has 2 aliphatic rings. The highest BCUT2D eigenvalue weighted by atomic mass is 35.5. The van der Waals surface area contributed by atoms with Crippen molar-refractivity contribution in [2.75, 3.05) is 5.88 Å². The molecule has 2 aliphatic carbocycles. The summed E-state index contributed by atoms with van der Waals surface area (Å²) in [6, 6.07) is 2.79. The standard InChI is InChI=1S/C14H22ClN3/c15-11-14(7-3-8-14)16-10-12-6-9-18(17-12)13-4-1-2-5-13/h6,9,13,16H,1-5,7-8,10-11H2. The van der Waals surface area contributed by atoms with Crippen LogP contribution in [0.2, 0.25) is 0 Å². The lowest BCUT2D eigenvalue weighted by Gasteiger charge is -2.41. The van der Waals surface area contributed by atoms with Gasteiger partial charge in [-0.2, -0.15) is 5.10 Å². The molecule has 18 heavy (non-hydrogen) atoms. The molecule has 4 heteroatoms. The van der Waals surface area contributed by atoms with E-state index in [-0.39, 0.29) is 5.54 Å². The van der Waals surface area contributed by atoms with Crippen molar-refractivity contribution >= 4 is 11.6 Å². The van der Waals surface area contributed by atoms with E-state index in [4.69, 9.17) is 16.7 Å². The maximum Gasteiger partial charge on any atom is 0.0762 e. The van der Waals surface area contributed by atoms with Crippen LogP contribution in [0.5, 0.6) is 0 Å². The van der Waals surface area contributed by atoms with Crippen LogP contribution in [0.15, 0.2) is 12.3 Å². The summed E-state index contributed by atoms with van der Waals surface area (Å²) < 4.78 is 2.16. The second kappa shape index (κ2) is 5.22. The van der Waals surface area contributed by atoms with Crippen LogP contribution < -0.4 is 5.32 Å². The van der Waals surface area contributed by atoms with E-state index in [1.165, 1.54) is 44.9 Å². The Balaban J connectivity index is 1.56. The predicted octanol–water partition coefficient (Wildman–Crippen LogP) is 3.25. The van der Waals surface area contributed by atoms with Gasteiger partial charge in [0.1, 0.15) is 0 Å². The van der Waals surface area contributed by atoms with E-state index < -0.39 is 0 Å². The third-order valence-corrected chi connectivity index (χ3v) is 5.08. The van der Waals surface area contributed by atoms with E-state index in [0.29, 0.717) is 6.04 Å². The molecule has 1 N–H and O–H groups in total. The van der Waals surface area contributed by atoms with Crippen LogP contribution >= 0.6 is 11.6 Å². The quantitative estimate of drug-likeness (QED) is 0.830. The normalized spacial score (nSPS) is 23.2. The summed E-state index contributed by atoms with van der Waals surface area (Å²) in [6.07, 6.45) is 11.2. The number of hydrogen-bond donors (Lipinski definition) is 1. The van der Waals surface area contributed by atoms with E-state index in [1.807, 2.05) is 0 Å². The fraction of sp³-hybridized carbons (Fsp3) is 0.786. The number of aromatic nitrogens is 2. The van der Waals surface area contributed by atoms with Gasteiger partial charge in [0, 0.05) is 24.2 Å². The predicted molar refractivity (Wildman–Crippen MR) is 73.9 cm³/mol. The Hall–Kier alpha value is -0.540. The minimum atomic E-state index is 0.193. The molecule has 0 saturated heterocycles. The molecule has 100 valence electrons. The molecular weight excluding hydrogens is 246 g/mol. The molecule has 1 heterocycles. The lowest BCUT2D eigenvalue weighted by molar-refractivity contribution is 0.210. The average Bonchev–Trinajstić information content (AvgIpc) is 2.98. The molecule has 0 unspecified atom stereocenters. The Bertz CT molecular complexity index is 386. The van der Waals surface area contributed by atoms with Gasteiger partial charge in [0.15, 0.2) is 0 Å². The molecule has 0 amide bonds. The van der Waals surface area contributed by atoms with Gasteiger partial charge in [0.25, 0.3) is 0 Å². The molecule has 2 saturated carbocycles. The average molecular weight is 268 g/mol. The summed E-state index contributed by atoms with van der Waals surface area (Å²) in [5.74, 6) is 0.719. The smallest absolute Gasteiger partial charge is 0.0762 e. The van der Waals surface area contributed by atoms with E-state index >= 15 is 0 Å². The number of nitrogens with zero attached hydrogens (tertiary/aromatic N) is 2.